The van der Waals surface area contributed by atoms with Gasteiger partial charge in [0.2, 0.25) is 0 Å². The van der Waals surface area contributed by atoms with E-state index in [1.54, 1.807) is 6.92 Å². The molecule has 112 valence electrons. The van der Waals surface area contributed by atoms with Crippen molar-refractivity contribution in [2.75, 3.05) is 13.7 Å². The van der Waals surface area contributed by atoms with Gasteiger partial charge in [0.1, 0.15) is 12.5 Å². The van der Waals surface area contributed by atoms with E-state index in [-0.39, 0.29) is 18.9 Å². The van der Waals surface area contributed by atoms with E-state index >= 15 is 0 Å². The molecule has 1 aromatic carbocycles. The fourth-order valence-corrected chi connectivity index (χ4v) is 2.26. The normalized spacial score (nSPS) is 21.2. The Kier molecular flexibility index (Phi) is 4.57. The van der Waals surface area contributed by atoms with Crippen molar-refractivity contribution in [3.63, 3.8) is 0 Å². The summed E-state index contributed by atoms with van der Waals surface area (Å²) < 4.78 is 9.75. The molecule has 0 spiro atoms. The largest absolute Gasteiger partial charge is 0.468 e. The Morgan fingerprint density at radius 3 is 2.57 bits per heavy atom. The number of carbonyl (C=O) groups is 3. The first-order chi connectivity index (χ1) is 10.0. The maximum absolute atomic E-state index is 12.0. The SMILES string of the molecule is COC(=O)C1CN(C(=O)OCc2ccccc2)C(C)C1=O. The molecular weight excluding hydrogens is 274 g/mol. The Bertz CT molecular complexity index is 542. The number of hydrogen-bond acceptors (Lipinski definition) is 5. The van der Waals surface area contributed by atoms with E-state index in [1.807, 2.05) is 30.3 Å². The van der Waals surface area contributed by atoms with E-state index in [0.717, 1.165) is 5.56 Å². The van der Waals surface area contributed by atoms with Gasteiger partial charge in [0.25, 0.3) is 0 Å². The van der Waals surface area contributed by atoms with Gasteiger partial charge in [-0.2, -0.15) is 0 Å². The van der Waals surface area contributed by atoms with Crippen LogP contribution in [0.5, 0.6) is 0 Å². The number of benzene rings is 1. The first-order valence-corrected chi connectivity index (χ1v) is 6.63. The number of Topliss-reactive ketones (excluding diaryl/α,β-unsaturated/α-hetero) is 1. The Balaban J connectivity index is 1.96. The van der Waals surface area contributed by atoms with E-state index in [0.29, 0.717) is 0 Å². The topological polar surface area (TPSA) is 72.9 Å². The van der Waals surface area contributed by atoms with Crippen LogP contribution in [0, 0.1) is 5.92 Å². The molecule has 1 heterocycles. The van der Waals surface area contributed by atoms with Crippen molar-refractivity contribution in [3.8, 4) is 0 Å². The van der Waals surface area contributed by atoms with Crippen LogP contribution in [0.4, 0.5) is 4.79 Å². The Labute approximate surface area is 122 Å². The molecule has 0 radical (unpaired) electrons. The second kappa shape index (κ2) is 6.39. The lowest BCUT2D eigenvalue weighted by Gasteiger charge is -2.19. The first-order valence-electron chi connectivity index (χ1n) is 6.63. The number of ether oxygens (including phenoxy) is 2. The van der Waals surface area contributed by atoms with Gasteiger partial charge in [0, 0.05) is 6.54 Å². The van der Waals surface area contributed by atoms with Gasteiger partial charge in [-0.15, -0.1) is 0 Å². The minimum atomic E-state index is -0.922. The molecule has 0 bridgehead atoms. The van der Waals surface area contributed by atoms with Crippen LogP contribution in [0.2, 0.25) is 0 Å². The highest BCUT2D eigenvalue weighted by atomic mass is 16.6. The van der Waals surface area contributed by atoms with E-state index in [2.05, 4.69) is 4.74 Å². The average molecular weight is 291 g/mol. The molecule has 1 aliphatic heterocycles. The summed E-state index contributed by atoms with van der Waals surface area (Å²) in [6.07, 6.45) is -0.605. The number of amides is 1. The van der Waals surface area contributed by atoms with Gasteiger partial charge in [-0.25, -0.2) is 4.79 Å². The molecule has 0 N–H and O–H groups in total. The maximum atomic E-state index is 12.0. The first kappa shape index (κ1) is 15.0. The third kappa shape index (κ3) is 3.21. The molecule has 21 heavy (non-hydrogen) atoms. The molecule has 2 rings (SSSR count). The zero-order valence-corrected chi connectivity index (χ0v) is 11.9. The number of likely N-dealkylation sites (tertiary alicyclic amines) is 1. The Morgan fingerprint density at radius 1 is 1.29 bits per heavy atom. The second-order valence-corrected chi connectivity index (χ2v) is 4.85. The fourth-order valence-electron chi connectivity index (χ4n) is 2.26. The molecule has 0 saturated carbocycles. The fraction of sp³-hybridized carbons (Fsp3) is 0.400. The molecule has 2 unspecified atom stereocenters. The van der Waals surface area contributed by atoms with Crippen molar-refractivity contribution in [3.05, 3.63) is 35.9 Å². The van der Waals surface area contributed by atoms with Gasteiger partial charge >= 0.3 is 12.1 Å². The summed E-state index contributed by atoms with van der Waals surface area (Å²) in [7, 11) is 1.22. The van der Waals surface area contributed by atoms with Crippen LogP contribution in [-0.2, 0) is 25.7 Å². The van der Waals surface area contributed by atoms with Crippen molar-refractivity contribution >= 4 is 17.8 Å². The Morgan fingerprint density at radius 2 is 1.95 bits per heavy atom. The van der Waals surface area contributed by atoms with Crippen molar-refractivity contribution in [1.29, 1.82) is 0 Å². The van der Waals surface area contributed by atoms with E-state index in [4.69, 9.17) is 4.74 Å². The van der Waals surface area contributed by atoms with Crippen LogP contribution in [0.1, 0.15) is 12.5 Å². The van der Waals surface area contributed by atoms with Gasteiger partial charge in [0.05, 0.1) is 13.2 Å². The molecule has 1 aliphatic rings. The van der Waals surface area contributed by atoms with Crippen LogP contribution in [0.25, 0.3) is 0 Å². The Hall–Kier alpha value is -2.37. The van der Waals surface area contributed by atoms with Crippen LogP contribution in [0.3, 0.4) is 0 Å². The van der Waals surface area contributed by atoms with E-state index in [9.17, 15) is 14.4 Å². The van der Waals surface area contributed by atoms with Crippen LogP contribution in [-0.4, -0.2) is 42.4 Å². The lowest BCUT2D eigenvalue weighted by molar-refractivity contribution is -0.147. The molecule has 1 amide bonds. The molecule has 1 fully saturated rings. The molecule has 0 aliphatic carbocycles. The minimum absolute atomic E-state index is 0.000294. The van der Waals surface area contributed by atoms with Crippen LogP contribution < -0.4 is 0 Å². The summed E-state index contributed by atoms with van der Waals surface area (Å²) >= 11 is 0. The number of methoxy groups -OCH3 is 1. The number of esters is 1. The highest BCUT2D eigenvalue weighted by molar-refractivity contribution is 6.05. The molecule has 1 saturated heterocycles. The third-order valence-electron chi connectivity index (χ3n) is 3.53. The van der Waals surface area contributed by atoms with E-state index in [1.165, 1.54) is 12.0 Å². The smallest absolute Gasteiger partial charge is 0.410 e. The lowest BCUT2D eigenvalue weighted by atomic mass is 10.1. The summed E-state index contributed by atoms with van der Waals surface area (Å²) in [6, 6.07) is 8.55. The number of carbonyl (C=O) groups excluding carboxylic acids is 3. The summed E-state index contributed by atoms with van der Waals surface area (Å²) in [5, 5.41) is 0. The average Bonchev–Trinajstić information content (AvgIpc) is 2.81. The van der Waals surface area contributed by atoms with E-state index < -0.39 is 24.0 Å². The van der Waals surface area contributed by atoms with Crippen LogP contribution >= 0.6 is 0 Å². The molecule has 1 aromatic rings. The van der Waals surface area contributed by atoms with Crippen molar-refractivity contribution in [2.45, 2.75) is 19.6 Å². The number of ketones is 1. The van der Waals surface area contributed by atoms with Crippen molar-refractivity contribution in [1.82, 2.24) is 4.90 Å². The zero-order valence-electron chi connectivity index (χ0n) is 11.9. The molecule has 0 aromatic heterocycles. The minimum Gasteiger partial charge on any atom is -0.468 e. The lowest BCUT2D eigenvalue weighted by Crippen LogP contribution is -2.36. The van der Waals surface area contributed by atoms with Crippen molar-refractivity contribution < 1.29 is 23.9 Å². The van der Waals surface area contributed by atoms with Crippen molar-refractivity contribution in [2.24, 2.45) is 5.92 Å². The van der Waals surface area contributed by atoms with Gasteiger partial charge in [0.15, 0.2) is 5.78 Å². The molecular formula is C15H17NO5. The summed E-state index contributed by atoms with van der Waals surface area (Å²) in [4.78, 5) is 36.7. The molecule has 6 heteroatoms. The highest BCUT2D eigenvalue weighted by Crippen LogP contribution is 2.21. The van der Waals surface area contributed by atoms with Gasteiger partial charge in [-0.3, -0.25) is 14.5 Å². The maximum Gasteiger partial charge on any atom is 0.410 e. The van der Waals surface area contributed by atoms with Crippen LogP contribution in [0.15, 0.2) is 30.3 Å². The third-order valence-corrected chi connectivity index (χ3v) is 3.53. The monoisotopic (exact) mass is 291 g/mol. The standard InChI is InChI=1S/C15H17NO5/c1-10-13(17)12(14(18)20-2)8-16(10)15(19)21-9-11-6-4-3-5-7-11/h3-7,10,12H,8-9H2,1-2H3. The van der Waals surface area contributed by atoms with Gasteiger partial charge in [-0.1, -0.05) is 30.3 Å². The predicted molar refractivity (Wildman–Crippen MR) is 73.3 cm³/mol. The predicted octanol–water partition coefficient (Wildman–Crippen LogP) is 1.39. The van der Waals surface area contributed by atoms with Gasteiger partial charge in [-0.05, 0) is 12.5 Å². The molecule has 2 atom stereocenters. The number of hydrogen-bond donors (Lipinski definition) is 0. The highest BCUT2D eigenvalue weighted by Gasteiger charge is 2.45. The summed E-state index contributed by atoms with van der Waals surface area (Å²) in [5.74, 6) is -1.86. The summed E-state index contributed by atoms with van der Waals surface area (Å²) in [5.41, 5.74) is 0.855. The quantitative estimate of drug-likeness (QED) is 0.621. The number of nitrogens with zero attached hydrogens (tertiary/aromatic N) is 1. The summed E-state index contributed by atoms with van der Waals surface area (Å²) in [6.45, 7) is 1.70. The second-order valence-electron chi connectivity index (χ2n) is 4.85. The molecule has 6 nitrogen and oxygen atoms in total. The number of rotatable bonds is 3. The zero-order chi connectivity index (χ0) is 15.4. The van der Waals surface area contributed by atoms with Gasteiger partial charge < -0.3 is 9.47 Å².